The van der Waals surface area contributed by atoms with E-state index in [1.54, 1.807) is 18.2 Å². The molecule has 0 spiro atoms. The zero-order valence-corrected chi connectivity index (χ0v) is 11.6. The topological polar surface area (TPSA) is 63.8 Å². The van der Waals surface area contributed by atoms with Gasteiger partial charge in [0.1, 0.15) is 23.3 Å². The van der Waals surface area contributed by atoms with E-state index < -0.39 is 0 Å². The summed E-state index contributed by atoms with van der Waals surface area (Å²) < 4.78 is 14.4. The lowest BCUT2D eigenvalue weighted by atomic mass is 10.3. The molecule has 0 bridgehead atoms. The molecular formula is C13H12BrFN4. The van der Waals surface area contributed by atoms with E-state index in [4.69, 9.17) is 5.73 Å². The predicted octanol–water partition coefficient (Wildman–Crippen LogP) is 3.58. The van der Waals surface area contributed by atoms with E-state index in [1.807, 2.05) is 0 Å². The monoisotopic (exact) mass is 322 g/mol. The van der Waals surface area contributed by atoms with Gasteiger partial charge in [-0.15, -0.1) is 0 Å². The SMILES string of the molecule is Nc1cc(Nc2ccc(Br)cc2F)nc(C2CC2)n1. The lowest BCUT2D eigenvalue weighted by molar-refractivity contribution is 0.631. The Morgan fingerprint density at radius 3 is 2.74 bits per heavy atom. The molecule has 3 rings (SSSR count). The van der Waals surface area contributed by atoms with Crippen LogP contribution in [0.1, 0.15) is 24.6 Å². The summed E-state index contributed by atoms with van der Waals surface area (Å²) in [7, 11) is 0. The van der Waals surface area contributed by atoms with Crippen molar-refractivity contribution < 1.29 is 4.39 Å². The summed E-state index contributed by atoms with van der Waals surface area (Å²) in [6.07, 6.45) is 2.19. The largest absolute Gasteiger partial charge is 0.384 e. The molecule has 1 aliphatic carbocycles. The molecule has 0 aliphatic heterocycles. The third-order valence-corrected chi connectivity index (χ3v) is 3.39. The van der Waals surface area contributed by atoms with E-state index in [1.165, 1.54) is 6.07 Å². The Morgan fingerprint density at radius 1 is 1.26 bits per heavy atom. The molecule has 2 aromatic rings. The predicted molar refractivity (Wildman–Crippen MR) is 75.8 cm³/mol. The molecule has 98 valence electrons. The Bertz CT molecular complexity index is 628. The van der Waals surface area contributed by atoms with Gasteiger partial charge < -0.3 is 11.1 Å². The minimum atomic E-state index is -0.348. The summed E-state index contributed by atoms with van der Waals surface area (Å²) >= 11 is 3.22. The minimum absolute atomic E-state index is 0.348. The number of hydrogen-bond donors (Lipinski definition) is 2. The van der Waals surface area contributed by atoms with Crippen LogP contribution in [0.5, 0.6) is 0 Å². The van der Waals surface area contributed by atoms with Crippen molar-refractivity contribution in [2.45, 2.75) is 18.8 Å². The molecule has 1 aliphatic rings. The molecule has 1 fully saturated rings. The highest BCUT2D eigenvalue weighted by molar-refractivity contribution is 9.10. The van der Waals surface area contributed by atoms with Gasteiger partial charge in [-0.2, -0.15) is 0 Å². The van der Waals surface area contributed by atoms with E-state index in [0.29, 0.717) is 27.7 Å². The molecule has 4 nitrogen and oxygen atoms in total. The van der Waals surface area contributed by atoms with Crippen molar-refractivity contribution in [2.75, 3.05) is 11.1 Å². The van der Waals surface area contributed by atoms with E-state index in [-0.39, 0.29) is 5.82 Å². The van der Waals surface area contributed by atoms with Crippen LogP contribution in [-0.2, 0) is 0 Å². The Morgan fingerprint density at radius 2 is 2.05 bits per heavy atom. The normalized spacial score (nSPS) is 14.4. The van der Waals surface area contributed by atoms with E-state index >= 15 is 0 Å². The van der Waals surface area contributed by atoms with Crippen molar-refractivity contribution in [1.29, 1.82) is 0 Å². The number of rotatable bonds is 3. The van der Waals surface area contributed by atoms with Crippen LogP contribution in [0.2, 0.25) is 0 Å². The second-order valence-electron chi connectivity index (χ2n) is 4.56. The molecule has 1 saturated carbocycles. The third-order valence-electron chi connectivity index (χ3n) is 2.90. The highest BCUT2D eigenvalue weighted by Gasteiger charge is 2.27. The van der Waals surface area contributed by atoms with Crippen molar-refractivity contribution in [3.05, 3.63) is 40.4 Å². The van der Waals surface area contributed by atoms with Gasteiger partial charge in [-0.1, -0.05) is 15.9 Å². The number of benzene rings is 1. The van der Waals surface area contributed by atoms with E-state index in [9.17, 15) is 4.39 Å². The molecule has 0 radical (unpaired) electrons. The van der Waals surface area contributed by atoms with Gasteiger partial charge in [-0.05, 0) is 31.0 Å². The van der Waals surface area contributed by atoms with Crippen molar-refractivity contribution >= 4 is 33.3 Å². The van der Waals surface area contributed by atoms with Crippen LogP contribution in [-0.4, -0.2) is 9.97 Å². The van der Waals surface area contributed by atoms with Crippen molar-refractivity contribution in [3.63, 3.8) is 0 Å². The molecule has 1 aromatic heterocycles. The quantitative estimate of drug-likeness (QED) is 0.906. The smallest absolute Gasteiger partial charge is 0.147 e. The second kappa shape index (κ2) is 4.77. The maximum atomic E-state index is 13.7. The summed E-state index contributed by atoms with van der Waals surface area (Å²) in [6, 6.07) is 6.41. The van der Waals surface area contributed by atoms with Gasteiger partial charge in [0.15, 0.2) is 0 Å². The molecule has 1 heterocycles. The van der Waals surface area contributed by atoms with Crippen LogP contribution >= 0.6 is 15.9 Å². The average Bonchev–Trinajstić information content (AvgIpc) is 3.16. The number of nitrogens with one attached hydrogen (secondary N) is 1. The van der Waals surface area contributed by atoms with Crippen LogP contribution in [0.4, 0.5) is 21.7 Å². The summed E-state index contributed by atoms with van der Waals surface area (Å²) in [4.78, 5) is 8.57. The maximum absolute atomic E-state index is 13.7. The van der Waals surface area contributed by atoms with Gasteiger partial charge in [0.05, 0.1) is 5.69 Å². The lowest BCUT2D eigenvalue weighted by Gasteiger charge is -2.09. The van der Waals surface area contributed by atoms with Crippen molar-refractivity contribution in [3.8, 4) is 0 Å². The van der Waals surface area contributed by atoms with Crippen LogP contribution in [0.25, 0.3) is 0 Å². The molecule has 0 unspecified atom stereocenters. The molecule has 1 aromatic carbocycles. The van der Waals surface area contributed by atoms with Crippen LogP contribution in [0, 0.1) is 5.82 Å². The molecular weight excluding hydrogens is 311 g/mol. The van der Waals surface area contributed by atoms with Crippen LogP contribution in [0.15, 0.2) is 28.7 Å². The van der Waals surface area contributed by atoms with Gasteiger partial charge in [0.2, 0.25) is 0 Å². The first-order valence-electron chi connectivity index (χ1n) is 5.98. The average molecular weight is 323 g/mol. The van der Waals surface area contributed by atoms with E-state index in [2.05, 4.69) is 31.2 Å². The fourth-order valence-electron chi connectivity index (χ4n) is 1.80. The fourth-order valence-corrected chi connectivity index (χ4v) is 2.14. The molecule has 6 heteroatoms. The molecule has 3 N–H and O–H groups in total. The highest BCUT2D eigenvalue weighted by atomic mass is 79.9. The second-order valence-corrected chi connectivity index (χ2v) is 5.48. The number of halogens is 2. The van der Waals surface area contributed by atoms with Crippen molar-refractivity contribution in [1.82, 2.24) is 9.97 Å². The van der Waals surface area contributed by atoms with Crippen LogP contribution < -0.4 is 11.1 Å². The molecule has 0 atom stereocenters. The van der Waals surface area contributed by atoms with Gasteiger partial charge >= 0.3 is 0 Å². The Kier molecular flexibility index (Phi) is 3.10. The summed E-state index contributed by atoms with van der Waals surface area (Å²) in [5.41, 5.74) is 6.11. The van der Waals surface area contributed by atoms with Gasteiger partial charge in [0.25, 0.3) is 0 Å². The van der Waals surface area contributed by atoms with Gasteiger partial charge in [-0.3, -0.25) is 0 Å². The minimum Gasteiger partial charge on any atom is -0.384 e. The zero-order chi connectivity index (χ0) is 13.4. The summed E-state index contributed by atoms with van der Waals surface area (Å²) in [5.74, 6) is 1.71. The van der Waals surface area contributed by atoms with Crippen LogP contribution in [0.3, 0.4) is 0 Å². The molecule has 19 heavy (non-hydrogen) atoms. The molecule has 0 amide bonds. The Balaban J connectivity index is 1.89. The highest BCUT2D eigenvalue weighted by Crippen LogP contribution is 2.38. The lowest BCUT2D eigenvalue weighted by Crippen LogP contribution is -2.03. The van der Waals surface area contributed by atoms with Gasteiger partial charge in [0, 0.05) is 16.5 Å². The number of aromatic nitrogens is 2. The number of nitrogens with zero attached hydrogens (tertiary/aromatic N) is 2. The number of hydrogen-bond acceptors (Lipinski definition) is 4. The Hall–Kier alpha value is -1.69. The maximum Gasteiger partial charge on any atom is 0.147 e. The fraction of sp³-hybridized carbons (Fsp3) is 0.231. The zero-order valence-electron chi connectivity index (χ0n) is 10.0. The Labute approximate surface area is 118 Å². The number of nitrogen functional groups attached to an aromatic ring is 1. The number of nitrogens with two attached hydrogens (primary N) is 1. The first-order valence-corrected chi connectivity index (χ1v) is 6.77. The van der Waals surface area contributed by atoms with E-state index in [0.717, 1.165) is 18.7 Å². The van der Waals surface area contributed by atoms with Crippen molar-refractivity contribution in [2.24, 2.45) is 0 Å². The summed E-state index contributed by atoms with van der Waals surface area (Å²) in [5, 5.41) is 2.94. The summed E-state index contributed by atoms with van der Waals surface area (Å²) in [6.45, 7) is 0. The van der Waals surface area contributed by atoms with Gasteiger partial charge in [-0.25, -0.2) is 14.4 Å². The first kappa shape index (κ1) is 12.3. The first-order chi connectivity index (χ1) is 9.11. The molecule has 0 saturated heterocycles. The number of anilines is 3. The standard InChI is InChI=1S/C13H12BrFN4/c14-8-3-4-10(9(15)5-8)17-12-6-11(16)18-13(19-12)7-1-2-7/h3-7H,1-2H2,(H3,16,17,18,19). The third kappa shape index (κ3) is 2.84.